The molecule has 3 rings (SSSR count). The minimum atomic E-state index is -0.780. The van der Waals surface area contributed by atoms with Crippen molar-refractivity contribution in [3.8, 4) is 11.3 Å². The first-order chi connectivity index (χ1) is 12.6. The fraction of sp³-hybridized carbons (Fsp3) is 0.235. The summed E-state index contributed by atoms with van der Waals surface area (Å²) in [6.07, 6.45) is 0. The van der Waals surface area contributed by atoms with Crippen LogP contribution in [-0.2, 0) is 4.79 Å². The molecule has 1 amide bonds. The molecule has 0 bridgehead atoms. The van der Waals surface area contributed by atoms with E-state index in [2.05, 4.69) is 20.6 Å². The molecule has 2 heterocycles. The lowest BCUT2D eigenvalue weighted by molar-refractivity contribution is -0.119. The van der Waals surface area contributed by atoms with Crippen LogP contribution in [0.4, 0.5) is 5.13 Å². The van der Waals surface area contributed by atoms with E-state index < -0.39 is 6.04 Å². The maximum atomic E-state index is 12.5. The molecule has 0 saturated carbocycles. The number of hydrogen-bond donors (Lipinski definition) is 1. The van der Waals surface area contributed by atoms with Gasteiger partial charge in [0.05, 0.1) is 5.69 Å². The standard InChI is InChI=1S/C17H17N5O2S2/c1-3-25-17-20-19-16(26-17)18-15(24)11(2)22-14(23)10-9-13(21-22)12-7-5-4-6-8-12/h4-11H,3H2,1-2H3,(H,18,19,24)/t11-/m0/s1. The third kappa shape index (κ3) is 4.17. The van der Waals surface area contributed by atoms with Crippen molar-refractivity contribution in [2.24, 2.45) is 0 Å². The Labute approximate surface area is 158 Å². The number of aromatic nitrogens is 4. The number of nitrogens with zero attached hydrogens (tertiary/aromatic N) is 4. The first kappa shape index (κ1) is 18.3. The monoisotopic (exact) mass is 387 g/mol. The van der Waals surface area contributed by atoms with Crippen LogP contribution < -0.4 is 10.9 Å². The molecule has 1 aromatic carbocycles. The molecule has 0 radical (unpaired) electrons. The smallest absolute Gasteiger partial charge is 0.267 e. The van der Waals surface area contributed by atoms with E-state index in [0.29, 0.717) is 10.8 Å². The van der Waals surface area contributed by atoms with Crippen molar-refractivity contribution in [2.75, 3.05) is 11.1 Å². The van der Waals surface area contributed by atoms with E-state index in [-0.39, 0.29) is 11.5 Å². The summed E-state index contributed by atoms with van der Waals surface area (Å²) in [5.74, 6) is 0.513. The van der Waals surface area contributed by atoms with Crippen LogP contribution in [0.15, 0.2) is 51.6 Å². The number of thioether (sulfide) groups is 1. The number of rotatable bonds is 6. The second-order valence-electron chi connectivity index (χ2n) is 5.34. The molecule has 1 N–H and O–H groups in total. The number of carbonyl (C=O) groups is 1. The van der Waals surface area contributed by atoms with Gasteiger partial charge in [-0.15, -0.1) is 10.2 Å². The third-order valence-electron chi connectivity index (χ3n) is 3.55. The summed E-state index contributed by atoms with van der Waals surface area (Å²) in [6, 6.07) is 11.8. The Morgan fingerprint density at radius 3 is 2.73 bits per heavy atom. The summed E-state index contributed by atoms with van der Waals surface area (Å²) in [5, 5.41) is 15.4. The predicted molar refractivity (Wildman–Crippen MR) is 104 cm³/mol. The van der Waals surface area contributed by atoms with E-state index in [4.69, 9.17) is 0 Å². The van der Waals surface area contributed by atoms with Crippen LogP contribution in [0, 0.1) is 0 Å². The highest BCUT2D eigenvalue weighted by Crippen LogP contribution is 2.25. The zero-order valence-electron chi connectivity index (χ0n) is 14.2. The van der Waals surface area contributed by atoms with E-state index >= 15 is 0 Å². The molecular weight excluding hydrogens is 370 g/mol. The van der Waals surface area contributed by atoms with Gasteiger partial charge < -0.3 is 0 Å². The Balaban J connectivity index is 1.80. The predicted octanol–water partition coefficient (Wildman–Crippen LogP) is 3.07. The lowest BCUT2D eigenvalue weighted by Gasteiger charge is -2.13. The number of benzene rings is 1. The molecule has 2 aromatic heterocycles. The topological polar surface area (TPSA) is 89.8 Å². The normalized spacial score (nSPS) is 11.9. The molecule has 3 aromatic rings. The maximum absolute atomic E-state index is 12.5. The molecule has 0 saturated heterocycles. The number of nitrogens with one attached hydrogen (secondary N) is 1. The minimum Gasteiger partial charge on any atom is -0.299 e. The Morgan fingerprint density at radius 1 is 1.23 bits per heavy atom. The second kappa shape index (κ2) is 8.24. The van der Waals surface area contributed by atoms with Crippen molar-refractivity contribution in [2.45, 2.75) is 24.2 Å². The Bertz CT molecular complexity index is 955. The second-order valence-corrected chi connectivity index (χ2v) is 7.83. The number of anilines is 1. The Hall–Kier alpha value is -2.52. The Morgan fingerprint density at radius 2 is 2.00 bits per heavy atom. The molecule has 0 spiro atoms. The first-order valence-corrected chi connectivity index (χ1v) is 9.81. The van der Waals surface area contributed by atoms with Crippen LogP contribution in [0.25, 0.3) is 11.3 Å². The van der Waals surface area contributed by atoms with Gasteiger partial charge in [-0.3, -0.25) is 14.9 Å². The van der Waals surface area contributed by atoms with Crippen LogP contribution in [-0.4, -0.2) is 31.6 Å². The van der Waals surface area contributed by atoms with Crippen LogP contribution in [0.5, 0.6) is 0 Å². The van der Waals surface area contributed by atoms with Gasteiger partial charge in [-0.2, -0.15) is 5.10 Å². The van der Waals surface area contributed by atoms with E-state index in [1.165, 1.54) is 22.1 Å². The Kier molecular flexibility index (Phi) is 5.79. The van der Waals surface area contributed by atoms with Gasteiger partial charge in [0.2, 0.25) is 5.13 Å². The maximum Gasteiger partial charge on any atom is 0.267 e. The SMILES string of the molecule is CCSc1nnc(NC(=O)[C@H](C)n2nc(-c3ccccc3)ccc2=O)s1. The van der Waals surface area contributed by atoms with Gasteiger partial charge in [-0.1, -0.05) is 60.4 Å². The summed E-state index contributed by atoms with van der Waals surface area (Å²) >= 11 is 2.86. The summed E-state index contributed by atoms with van der Waals surface area (Å²) in [6.45, 7) is 3.64. The molecule has 7 nitrogen and oxygen atoms in total. The molecule has 0 aliphatic heterocycles. The van der Waals surface area contributed by atoms with E-state index in [1.807, 2.05) is 37.3 Å². The summed E-state index contributed by atoms with van der Waals surface area (Å²) < 4.78 is 1.97. The molecule has 9 heteroatoms. The van der Waals surface area contributed by atoms with Crippen molar-refractivity contribution >= 4 is 34.1 Å². The van der Waals surface area contributed by atoms with Gasteiger partial charge >= 0.3 is 0 Å². The highest BCUT2D eigenvalue weighted by molar-refractivity contribution is 8.01. The fourth-order valence-corrected chi connectivity index (χ4v) is 3.88. The summed E-state index contributed by atoms with van der Waals surface area (Å²) in [5.41, 5.74) is 1.16. The third-order valence-corrected chi connectivity index (χ3v) is 5.40. The molecular formula is C17H17N5O2S2. The summed E-state index contributed by atoms with van der Waals surface area (Å²) in [4.78, 5) is 24.7. The number of hydrogen-bond acceptors (Lipinski definition) is 7. The first-order valence-electron chi connectivity index (χ1n) is 8.01. The molecule has 134 valence electrons. The van der Waals surface area contributed by atoms with Crippen molar-refractivity contribution in [3.63, 3.8) is 0 Å². The molecule has 0 fully saturated rings. The number of amides is 1. The van der Waals surface area contributed by atoms with Gasteiger partial charge in [0.25, 0.3) is 11.5 Å². The van der Waals surface area contributed by atoms with Crippen molar-refractivity contribution in [1.29, 1.82) is 0 Å². The van der Waals surface area contributed by atoms with Gasteiger partial charge in [-0.05, 0) is 18.7 Å². The van der Waals surface area contributed by atoms with E-state index in [9.17, 15) is 9.59 Å². The summed E-state index contributed by atoms with van der Waals surface area (Å²) in [7, 11) is 0. The van der Waals surface area contributed by atoms with Gasteiger partial charge in [-0.25, -0.2) is 4.68 Å². The van der Waals surface area contributed by atoms with E-state index in [1.54, 1.807) is 24.8 Å². The zero-order chi connectivity index (χ0) is 18.5. The van der Waals surface area contributed by atoms with Crippen molar-refractivity contribution in [1.82, 2.24) is 20.0 Å². The lowest BCUT2D eigenvalue weighted by Crippen LogP contribution is -2.33. The van der Waals surface area contributed by atoms with Crippen molar-refractivity contribution in [3.05, 3.63) is 52.8 Å². The molecule has 26 heavy (non-hydrogen) atoms. The zero-order valence-corrected chi connectivity index (χ0v) is 15.9. The number of carbonyl (C=O) groups excluding carboxylic acids is 1. The average Bonchev–Trinajstić information content (AvgIpc) is 3.09. The highest BCUT2D eigenvalue weighted by Gasteiger charge is 2.19. The van der Waals surface area contributed by atoms with Gasteiger partial charge in [0.1, 0.15) is 6.04 Å². The average molecular weight is 387 g/mol. The van der Waals surface area contributed by atoms with Crippen LogP contribution in [0.2, 0.25) is 0 Å². The van der Waals surface area contributed by atoms with Gasteiger partial charge in [0, 0.05) is 11.6 Å². The molecule has 0 aliphatic carbocycles. The van der Waals surface area contributed by atoms with Gasteiger partial charge in [0.15, 0.2) is 4.34 Å². The largest absolute Gasteiger partial charge is 0.299 e. The molecule has 0 aliphatic rings. The van der Waals surface area contributed by atoms with E-state index in [0.717, 1.165) is 15.7 Å². The quantitative estimate of drug-likeness (QED) is 0.516. The minimum absolute atomic E-state index is 0.341. The molecule has 1 atom stereocenters. The lowest BCUT2D eigenvalue weighted by atomic mass is 10.1. The van der Waals surface area contributed by atoms with Crippen LogP contribution in [0.3, 0.4) is 0 Å². The fourth-order valence-electron chi connectivity index (χ4n) is 2.23. The van der Waals surface area contributed by atoms with Crippen molar-refractivity contribution < 1.29 is 4.79 Å². The molecule has 0 unspecified atom stereocenters. The van der Waals surface area contributed by atoms with Crippen LogP contribution in [0.1, 0.15) is 19.9 Å². The van der Waals surface area contributed by atoms with Crippen LogP contribution >= 0.6 is 23.1 Å². The highest BCUT2D eigenvalue weighted by atomic mass is 32.2.